The maximum atomic E-state index is 10.2. The van der Waals surface area contributed by atoms with E-state index in [9.17, 15) is 8.42 Å². The molecule has 0 radical (unpaired) electrons. The predicted molar refractivity (Wildman–Crippen MR) is 35.1 cm³/mol. The van der Waals surface area contributed by atoms with E-state index in [0.29, 0.717) is 0 Å². The van der Waals surface area contributed by atoms with Crippen molar-refractivity contribution in [2.45, 2.75) is 6.29 Å². The normalized spacial score (nSPS) is 11.3. The fourth-order valence-electron chi connectivity index (χ4n) is 0.192. The summed E-state index contributed by atoms with van der Waals surface area (Å²) in [6, 6.07) is 0. The number of aliphatic hydroxyl groups is 2. The Hall–Kier alpha value is -0.250. The first-order valence-corrected chi connectivity index (χ1v) is 3.62. The minimum Gasteiger partial charge on any atom is -0.366 e. The summed E-state index contributed by atoms with van der Waals surface area (Å²) in [4.78, 5) is 0. The molecule has 0 atom stereocenters. The lowest BCUT2D eigenvalue weighted by atomic mass is 10.7. The van der Waals surface area contributed by atoms with Crippen LogP contribution in [-0.4, -0.2) is 38.6 Å². The molecule has 0 saturated carbocycles. The standard InChI is InChI=1S/C3H8O6S.H3N/c1-8-10(6,7)9-2-3(4)5;/h3-5H,2H2,1H3;1H3. The average Bonchev–Trinajstić information content (AvgIpc) is 1.85. The van der Waals surface area contributed by atoms with Crippen LogP contribution in [0.2, 0.25) is 0 Å². The van der Waals surface area contributed by atoms with Gasteiger partial charge in [-0.2, -0.15) is 8.42 Å². The summed E-state index contributed by atoms with van der Waals surface area (Å²) >= 11 is 0. The van der Waals surface area contributed by atoms with Crippen molar-refractivity contribution >= 4 is 10.4 Å². The third-order valence-electron chi connectivity index (χ3n) is 0.566. The zero-order chi connectivity index (χ0) is 8.20. The van der Waals surface area contributed by atoms with Crippen molar-refractivity contribution < 1.29 is 27.0 Å². The molecule has 0 unspecified atom stereocenters. The van der Waals surface area contributed by atoms with Gasteiger partial charge in [-0.05, 0) is 0 Å². The van der Waals surface area contributed by atoms with E-state index < -0.39 is 23.3 Å². The zero-order valence-corrected chi connectivity index (χ0v) is 6.74. The van der Waals surface area contributed by atoms with Crippen molar-refractivity contribution in [2.75, 3.05) is 13.7 Å². The molecule has 0 aromatic rings. The van der Waals surface area contributed by atoms with Gasteiger partial charge in [0.25, 0.3) is 0 Å². The monoisotopic (exact) mass is 189 g/mol. The van der Waals surface area contributed by atoms with Gasteiger partial charge in [-0.25, -0.2) is 4.18 Å². The Morgan fingerprint density at radius 3 is 2.18 bits per heavy atom. The van der Waals surface area contributed by atoms with Crippen LogP contribution in [0.4, 0.5) is 0 Å². The van der Waals surface area contributed by atoms with Crippen molar-refractivity contribution in [2.24, 2.45) is 0 Å². The molecule has 0 aliphatic carbocycles. The van der Waals surface area contributed by atoms with Gasteiger partial charge >= 0.3 is 10.4 Å². The van der Waals surface area contributed by atoms with E-state index in [0.717, 1.165) is 7.11 Å². The lowest BCUT2D eigenvalue weighted by Gasteiger charge is -2.02. The lowest BCUT2D eigenvalue weighted by molar-refractivity contribution is -0.0691. The van der Waals surface area contributed by atoms with E-state index in [1.807, 2.05) is 0 Å². The second kappa shape index (κ2) is 5.41. The second-order valence-corrected chi connectivity index (χ2v) is 2.73. The van der Waals surface area contributed by atoms with Gasteiger partial charge < -0.3 is 16.4 Å². The number of aliphatic hydroxyl groups excluding tert-OH is 1. The number of hydrogen-bond acceptors (Lipinski definition) is 7. The summed E-state index contributed by atoms with van der Waals surface area (Å²) in [6.45, 7) is -0.726. The lowest BCUT2D eigenvalue weighted by Crippen LogP contribution is -2.18. The minimum atomic E-state index is -4.03. The molecule has 0 spiro atoms. The maximum absolute atomic E-state index is 10.2. The molecule has 0 aromatic carbocycles. The van der Waals surface area contributed by atoms with Crippen LogP contribution in [0.5, 0.6) is 0 Å². The summed E-state index contributed by atoms with van der Waals surface area (Å²) in [5.74, 6) is 0. The van der Waals surface area contributed by atoms with E-state index in [1.165, 1.54) is 0 Å². The highest BCUT2D eigenvalue weighted by Crippen LogP contribution is 1.92. The van der Waals surface area contributed by atoms with Crippen LogP contribution < -0.4 is 6.15 Å². The fraction of sp³-hybridized carbons (Fsp3) is 1.00. The topological polar surface area (TPSA) is 128 Å². The first kappa shape index (κ1) is 13.3. The second-order valence-electron chi connectivity index (χ2n) is 1.34. The largest absolute Gasteiger partial charge is 0.399 e. The van der Waals surface area contributed by atoms with Gasteiger partial charge in [-0.15, -0.1) is 0 Å². The first-order valence-electron chi connectivity index (χ1n) is 2.29. The van der Waals surface area contributed by atoms with Crippen LogP contribution in [0.3, 0.4) is 0 Å². The molecule has 0 aliphatic rings. The molecular weight excluding hydrogens is 178 g/mol. The Bertz CT molecular complexity index is 174. The van der Waals surface area contributed by atoms with Crippen LogP contribution in [0.15, 0.2) is 0 Å². The molecule has 0 heterocycles. The molecule has 0 saturated heterocycles. The molecule has 0 bridgehead atoms. The smallest absolute Gasteiger partial charge is 0.366 e. The van der Waals surface area contributed by atoms with Crippen LogP contribution in [0, 0.1) is 0 Å². The molecule has 0 aromatic heterocycles. The van der Waals surface area contributed by atoms with Crippen LogP contribution >= 0.6 is 0 Å². The Morgan fingerprint density at radius 1 is 1.45 bits per heavy atom. The molecule has 0 fully saturated rings. The number of hydrogen-bond donors (Lipinski definition) is 3. The van der Waals surface area contributed by atoms with E-state index in [-0.39, 0.29) is 6.15 Å². The summed E-state index contributed by atoms with van der Waals surface area (Å²) in [6.07, 6.45) is -1.81. The van der Waals surface area contributed by atoms with Crippen molar-refractivity contribution in [1.29, 1.82) is 0 Å². The fourth-order valence-corrected chi connectivity index (χ4v) is 0.577. The summed E-state index contributed by atoms with van der Waals surface area (Å²) in [7, 11) is -3.13. The Labute approximate surface area is 64.5 Å². The zero-order valence-electron chi connectivity index (χ0n) is 5.93. The molecular formula is C3H11NO6S. The van der Waals surface area contributed by atoms with E-state index >= 15 is 0 Å². The molecule has 70 valence electrons. The van der Waals surface area contributed by atoms with Gasteiger partial charge in [0.05, 0.1) is 7.11 Å². The van der Waals surface area contributed by atoms with Crippen LogP contribution in [0.1, 0.15) is 0 Å². The highest BCUT2D eigenvalue weighted by Gasteiger charge is 2.10. The van der Waals surface area contributed by atoms with E-state index in [1.54, 1.807) is 0 Å². The van der Waals surface area contributed by atoms with Crippen molar-refractivity contribution in [3.63, 3.8) is 0 Å². The third-order valence-corrected chi connectivity index (χ3v) is 1.40. The van der Waals surface area contributed by atoms with Crippen LogP contribution in [-0.2, 0) is 18.8 Å². The first-order chi connectivity index (χ1) is 4.48. The molecule has 0 aliphatic heterocycles. The molecule has 8 heteroatoms. The van der Waals surface area contributed by atoms with Gasteiger partial charge in [0.1, 0.15) is 6.61 Å². The quantitative estimate of drug-likeness (QED) is 0.452. The molecule has 0 amide bonds. The highest BCUT2D eigenvalue weighted by molar-refractivity contribution is 7.81. The summed E-state index contributed by atoms with van der Waals surface area (Å²) in [5.41, 5.74) is 0. The van der Waals surface area contributed by atoms with Gasteiger partial charge in [0.2, 0.25) is 0 Å². The van der Waals surface area contributed by atoms with Crippen molar-refractivity contribution in [3.8, 4) is 0 Å². The van der Waals surface area contributed by atoms with Gasteiger partial charge in [0.15, 0.2) is 6.29 Å². The van der Waals surface area contributed by atoms with Crippen LogP contribution in [0.25, 0.3) is 0 Å². The predicted octanol–water partition coefficient (Wildman–Crippen LogP) is -1.63. The van der Waals surface area contributed by atoms with Gasteiger partial charge in [-0.3, -0.25) is 4.18 Å². The molecule has 0 rings (SSSR count). The van der Waals surface area contributed by atoms with Crippen molar-refractivity contribution in [1.82, 2.24) is 6.15 Å². The average molecular weight is 189 g/mol. The van der Waals surface area contributed by atoms with E-state index in [4.69, 9.17) is 10.2 Å². The molecule has 11 heavy (non-hydrogen) atoms. The minimum absolute atomic E-state index is 0. The third kappa shape index (κ3) is 7.65. The summed E-state index contributed by atoms with van der Waals surface area (Å²) < 4.78 is 28.2. The summed E-state index contributed by atoms with van der Waals surface area (Å²) in [5, 5.41) is 16.2. The Morgan fingerprint density at radius 2 is 1.91 bits per heavy atom. The Balaban J connectivity index is 0. The van der Waals surface area contributed by atoms with Gasteiger partial charge in [0, 0.05) is 0 Å². The molecule has 7 nitrogen and oxygen atoms in total. The number of rotatable bonds is 4. The van der Waals surface area contributed by atoms with E-state index in [2.05, 4.69) is 8.37 Å². The maximum Gasteiger partial charge on any atom is 0.399 e. The highest BCUT2D eigenvalue weighted by atomic mass is 32.3. The SMILES string of the molecule is COS(=O)(=O)OCC(O)O.N. The van der Waals surface area contributed by atoms with Crippen molar-refractivity contribution in [3.05, 3.63) is 0 Å². The molecule has 5 N–H and O–H groups in total. The Kier molecular flexibility index (Phi) is 6.56. The van der Waals surface area contributed by atoms with Gasteiger partial charge in [-0.1, -0.05) is 0 Å².